The van der Waals surface area contributed by atoms with Crippen molar-refractivity contribution >= 4 is 23.2 Å². The Morgan fingerprint density at radius 2 is 2.20 bits per heavy atom. The van der Waals surface area contributed by atoms with E-state index >= 15 is 0 Å². The van der Waals surface area contributed by atoms with E-state index in [1.54, 1.807) is 24.3 Å². The quantitative estimate of drug-likeness (QED) is 0.494. The second-order valence-electron chi connectivity index (χ2n) is 2.68. The zero-order valence-electron chi connectivity index (χ0n) is 8.11. The third-order valence-corrected chi connectivity index (χ3v) is 1.73. The van der Waals surface area contributed by atoms with Crippen LogP contribution < -0.4 is 21.3 Å². The molecule has 0 heterocycles. The van der Waals surface area contributed by atoms with E-state index in [-0.39, 0.29) is 11.0 Å². The van der Waals surface area contributed by atoms with Crippen molar-refractivity contribution in [3.63, 3.8) is 0 Å². The number of hydrazine groups is 1. The third-order valence-electron chi connectivity index (χ3n) is 1.63. The molecule has 0 aliphatic heterocycles. The molecule has 1 amide bonds. The highest BCUT2D eigenvalue weighted by Crippen LogP contribution is 2.11. The van der Waals surface area contributed by atoms with Crippen molar-refractivity contribution in [3.8, 4) is 5.75 Å². The maximum absolute atomic E-state index is 11.5. The lowest BCUT2D eigenvalue weighted by atomic mass is 10.2. The number of carbonyl (C=O) groups is 1. The first kappa shape index (κ1) is 11.3. The molecule has 0 atom stereocenters. The van der Waals surface area contributed by atoms with Crippen LogP contribution in [0.1, 0.15) is 10.4 Å². The second-order valence-corrected chi connectivity index (χ2v) is 3.12. The molecule has 5 nitrogen and oxygen atoms in total. The average Bonchev–Trinajstić information content (AvgIpc) is 2.26. The number of benzene rings is 1. The summed E-state index contributed by atoms with van der Waals surface area (Å²) in [6, 6.07) is 6.72. The fraction of sp³-hybridized carbons (Fsp3) is 0.111. The number of rotatable bonds is 2. The minimum absolute atomic E-state index is 0.00578. The molecule has 4 N–H and O–H groups in total. The van der Waals surface area contributed by atoms with Gasteiger partial charge < -0.3 is 10.5 Å². The summed E-state index contributed by atoms with van der Waals surface area (Å²) < 4.78 is 4.98. The largest absolute Gasteiger partial charge is 0.497 e. The summed E-state index contributed by atoms with van der Waals surface area (Å²) in [5.41, 5.74) is 10.3. The Bertz CT molecular complexity index is 381. The standard InChI is InChI=1S/C9H11N3O2S/c1-14-7-4-2-3-6(5-7)8(13)11-12-9(10)15/h2-5H,1H3,(H,11,13)(H3,10,12,15). The van der Waals surface area contributed by atoms with Gasteiger partial charge in [-0.2, -0.15) is 0 Å². The summed E-state index contributed by atoms with van der Waals surface area (Å²) in [7, 11) is 1.53. The van der Waals surface area contributed by atoms with Gasteiger partial charge in [-0.1, -0.05) is 6.07 Å². The van der Waals surface area contributed by atoms with E-state index < -0.39 is 0 Å². The molecule has 0 aromatic heterocycles. The monoisotopic (exact) mass is 225 g/mol. The van der Waals surface area contributed by atoms with Gasteiger partial charge in [0.15, 0.2) is 5.11 Å². The van der Waals surface area contributed by atoms with Crippen LogP contribution in [0.25, 0.3) is 0 Å². The Morgan fingerprint density at radius 3 is 2.80 bits per heavy atom. The van der Waals surface area contributed by atoms with Crippen molar-refractivity contribution in [1.82, 2.24) is 10.9 Å². The molecule has 1 aromatic carbocycles. The molecule has 80 valence electrons. The number of hydrogen-bond acceptors (Lipinski definition) is 3. The minimum Gasteiger partial charge on any atom is -0.497 e. The number of nitrogens with one attached hydrogen (secondary N) is 2. The van der Waals surface area contributed by atoms with Gasteiger partial charge >= 0.3 is 0 Å². The molecule has 0 aliphatic rings. The molecule has 0 bridgehead atoms. The highest BCUT2D eigenvalue weighted by atomic mass is 32.1. The number of thiocarbonyl (C=S) groups is 1. The fourth-order valence-corrected chi connectivity index (χ4v) is 1.01. The first-order valence-electron chi connectivity index (χ1n) is 4.13. The van der Waals surface area contributed by atoms with Gasteiger partial charge in [-0.3, -0.25) is 15.6 Å². The van der Waals surface area contributed by atoms with Crippen LogP contribution in [-0.4, -0.2) is 18.1 Å². The van der Waals surface area contributed by atoms with Crippen LogP contribution in [0.2, 0.25) is 0 Å². The summed E-state index contributed by atoms with van der Waals surface area (Å²) in [6.07, 6.45) is 0. The van der Waals surface area contributed by atoms with Gasteiger partial charge in [0.1, 0.15) is 5.75 Å². The van der Waals surface area contributed by atoms with E-state index in [1.807, 2.05) is 0 Å². The first-order valence-corrected chi connectivity index (χ1v) is 4.54. The molecule has 0 saturated heterocycles. The molecule has 0 fully saturated rings. The summed E-state index contributed by atoms with van der Waals surface area (Å²) >= 11 is 4.54. The normalized spacial score (nSPS) is 9.13. The van der Waals surface area contributed by atoms with E-state index in [4.69, 9.17) is 10.5 Å². The van der Waals surface area contributed by atoms with E-state index in [9.17, 15) is 4.79 Å². The number of nitrogens with two attached hydrogens (primary N) is 1. The van der Waals surface area contributed by atoms with Crippen molar-refractivity contribution in [3.05, 3.63) is 29.8 Å². The van der Waals surface area contributed by atoms with Crippen LogP contribution in [0, 0.1) is 0 Å². The van der Waals surface area contributed by atoms with E-state index in [0.29, 0.717) is 11.3 Å². The number of carbonyl (C=O) groups excluding carboxylic acids is 1. The third kappa shape index (κ3) is 3.43. The van der Waals surface area contributed by atoms with Crippen LogP contribution >= 0.6 is 12.2 Å². The lowest BCUT2D eigenvalue weighted by Crippen LogP contribution is -2.44. The summed E-state index contributed by atoms with van der Waals surface area (Å²) in [5, 5.41) is 0.00578. The van der Waals surface area contributed by atoms with Gasteiger partial charge in [-0.05, 0) is 30.4 Å². The van der Waals surface area contributed by atoms with Crippen molar-refractivity contribution < 1.29 is 9.53 Å². The van der Waals surface area contributed by atoms with Gasteiger partial charge in [-0.15, -0.1) is 0 Å². The molecule has 6 heteroatoms. The molecule has 1 aromatic rings. The Hall–Kier alpha value is -1.82. The molecule has 15 heavy (non-hydrogen) atoms. The van der Waals surface area contributed by atoms with Crippen LogP contribution in [0.5, 0.6) is 5.75 Å². The predicted octanol–water partition coefficient (Wildman–Crippen LogP) is 0.173. The zero-order chi connectivity index (χ0) is 11.3. The Kier molecular flexibility index (Phi) is 3.87. The molecule has 0 unspecified atom stereocenters. The lowest BCUT2D eigenvalue weighted by Gasteiger charge is -2.07. The van der Waals surface area contributed by atoms with Crippen LogP contribution in [-0.2, 0) is 0 Å². The van der Waals surface area contributed by atoms with E-state index in [2.05, 4.69) is 23.1 Å². The van der Waals surface area contributed by atoms with Gasteiger partial charge in [0.2, 0.25) is 0 Å². The van der Waals surface area contributed by atoms with E-state index in [1.165, 1.54) is 7.11 Å². The van der Waals surface area contributed by atoms with Crippen molar-refractivity contribution in [2.24, 2.45) is 5.73 Å². The number of methoxy groups -OCH3 is 1. The Balaban J connectivity index is 2.69. The lowest BCUT2D eigenvalue weighted by molar-refractivity contribution is 0.0943. The Morgan fingerprint density at radius 1 is 1.47 bits per heavy atom. The SMILES string of the molecule is COc1cccc(C(=O)NNC(N)=S)c1. The maximum atomic E-state index is 11.5. The number of hydrogen-bond donors (Lipinski definition) is 3. The smallest absolute Gasteiger partial charge is 0.269 e. The van der Waals surface area contributed by atoms with Crippen LogP contribution in [0.3, 0.4) is 0 Å². The fourth-order valence-electron chi connectivity index (χ4n) is 0.955. The molecule has 0 spiro atoms. The zero-order valence-corrected chi connectivity index (χ0v) is 8.93. The predicted molar refractivity (Wildman–Crippen MR) is 60.4 cm³/mol. The van der Waals surface area contributed by atoms with Crippen LogP contribution in [0.4, 0.5) is 0 Å². The van der Waals surface area contributed by atoms with Crippen molar-refractivity contribution in [1.29, 1.82) is 0 Å². The minimum atomic E-state index is -0.332. The van der Waals surface area contributed by atoms with Crippen molar-refractivity contribution in [2.75, 3.05) is 7.11 Å². The molecular formula is C9H11N3O2S. The van der Waals surface area contributed by atoms with Gasteiger partial charge in [0, 0.05) is 5.56 Å². The molecule has 0 aliphatic carbocycles. The topological polar surface area (TPSA) is 76.4 Å². The van der Waals surface area contributed by atoms with E-state index in [0.717, 1.165) is 0 Å². The summed E-state index contributed by atoms with van der Waals surface area (Å²) in [6.45, 7) is 0. The highest BCUT2D eigenvalue weighted by Gasteiger charge is 2.05. The highest BCUT2D eigenvalue weighted by molar-refractivity contribution is 7.80. The summed E-state index contributed by atoms with van der Waals surface area (Å²) in [4.78, 5) is 11.5. The molecular weight excluding hydrogens is 214 g/mol. The first-order chi connectivity index (χ1) is 7.13. The molecule has 1 rings (SSSR count). The van der Waals surface area contributed by atoms with Gasteiger partial charge in [-0.25, -0.2) is 0 Å². The summed E-state index contributed by atoms with van der Waals surface area (Å²) in [5.74, 6) is 0.277. The molecule has 0 saturated carbocycles. The van der Waals surface area contributed by atoms with Crippen molar-refractivity contribution in [2.45, 2.75) is 0 Å². The maximum Gasteiger partial charge on any atom is 0.269 e. The molecule has 0 radical (unpaired) electrons. The average molecular weight is 225 g/mol. The van der Waals surface area contributed by atoms with Gasteiger partial charge in [0.05, 0.1) is 7.11 Å². The van der Waals surface area contributed by atoms with Crippen LogP contribution in [0.15, 0.2) is 24.3 Å². The Labute approximate surface area is 92.6 Å². The second kappa shape index (κ2) is 5.16. The number of amides is 1. The van der Waals surface area contributed by atoms with Gasteiger partial charge in [0.25, 0.3) is 5.91 Å². The number of ether oxygens (including phenoxy) is 1.